The van der Waals surface area contributed by atoms with Gasteiger partial charge in [0, 0.05) is 12.7 Å². The van der Waals surface area contributed by atoms with Crippen LogP contribution in [0.4, 0.5) is 0 Å². The molecule has 0 radical (unpaired) electrons. The lowest BCUT2D eigenvalue weighted by Crippen LogP contribution is -2.36. The summed E-state index contributed by atoms with van der Waals surface area (Å²) in [6.45, 7) is 1.80. The first-order chi connectivity index (χ1) is 10.6. The van der Waals surface area contributed by atoms with E-state index in [9.17, 15) is 9.59 Å². The van der Waals surface area contributed by atoms with Crippen molar-refractivity contribution in [2.24, 2.45) is 0 Å². The Hall–Kier alpha value is -2.36. The topological polar surface area (TPSA) is 53.2 Å². The number of rotatable bonds is 2. The van der Waals surface area contributed by atoms with Crippen LogP contribution < -0.4 is 5.56 Å². The number of aromatic nitrogens is 1. The molecule has 1 aromatic heterocycles. The Morgan fingerprint density at radius 2 is 2.00 bits per heavy atom. The normalized spacial score (nSPS) is 16.9. The smallest absolute Gasteiger partial charge is 0.260 e. The van der Waals surface area contributed by atoms with Crippen molar-refractivity contribution in [2.75, 3.05) is 7.05 Å². The van der Waals surface area contributed by atoms with Crippen molar-refractivity contribution in [1.82, 2.24) is 9.88 Å². The summed E-state index contributed by atoms with van der Waals surface area (Å²) in [5, 5.41) is 0. The fourth-order valence-corrected chi connectivity index (χ4v) is 3.20. The standard InChI is InChI=1S/C18H20N2O2/c1-12-10-11-15(17(21)19-12)18(22)20(2)16-9-5-7-13-6-3-4-8-14(13)16/h3-4,6,8,10-11,16H,5,7,9H2,1-2H3,(H,19,21)/t16-/m0/s1. The number of aryl methyl sites for hydroxylation is 2. The first kappa shape index (κ1) is 14.6. The number of hydrogen-bond acceptors (Lipinski definition) is 2. The molecule has 2 aromatic rings. The molecular weight excluding hydrogens is 276 g/mol. The predicted octanol–water partition coefficient (Wildman–Crippen LogP) is 2.83. The lowest BCUT2D eigenvalue weighted by molar-refractivity contribution is 0.0713. The van der Waals surface area contributed by atoms with E-state index in [1.54, 1.807) is 31.0 Å². The lowest BCUT2D eigenvalue weighted by atomic mass is 9.87. The van der Waals surface area contributed by atoms with Crippen LogP contribution in [0.15, 0.2) is 41.2 Å². The van der Waals surface area contributed by atoms with Gasteiger partial charge < -0.3 is 9.88 Å². The largest absolute Gasteiger partial charge is 0.334 e. The zero-order valence-electron chi connectivity index (χ0n) is 12.9. The molecule has 1 heterocycles. The molecule has 22 heavy (non-hydrogen) atoms. The second kappa shape index (κ2) is 5.79. The van der Waals surface area contributed by atoms with Gasteiger partial charge in [0.25, 0.3) is 11.5 Å². The van der Waals surface area contributed by atoms with Gasteiger partial charge in [0.2, 0.25) is 0 Å². The molecular formula is C18H20N2O2. The molecule has 0 bridgehead atoms. The summed E-state index contributed by atoms with van der Waals surface area (Å²) in [7, 11) is 1.79. The quantitative estimate of drug-likeness (QED) is 0.926. The minimum Gasteiger partial charge on any atom is -0.334 e. The van der Waals surface area contributed by atoms with Crippen molar-refractivity contribution >= 4 is 5.91 Å². The Kier molecular flexibility index (Phi) is 3.84. The molecule has 0 unspecified atom stereocenters. The van der Waals surface area contributed by atoms with Crippen molar-refractivity contribution in [3.63, 3.8) is 0 Å². The number of hydrogen-bond donors (Lipinski definition) is 1. The number of nitrogens with one attached hydrogen (secondary N) is 1. The summed E-state index contributed by atoms with van der Waals surface area (Å²) in [4.78, 5) is 29.1. The fourth-order valence-electron chi connectivity index (χ4n) is 3.20. The summed E-state index contributed by atoms with van der Waals surface area (Å²) in [6, 6.07) is 11.7. The Labute approximate surface area is 129 Å². The molecule has 0 saturated heterocycles. The molecule has 0 fully saturated rings. The van der Waals surface area contributed by atoms with E-state index < -0.39 is 0 Å². The third kappa shape index (κ3) is 2.56. The number of nitrogens with zero attached hydrogens (tertiary/aromatic N) is 1. The van der Waals surface area contributed by atoms with E-state index in [0.717, 1.165) is 25.0 Å². The van der Waals surface area contributed by atoms with Crippen molar-refractivity contribution in [1.29, 1.82) is 0 Å². The van der Waals surface area contributed by atoms with Gasteiger partial charge in [-0.3, -0.25) is 9.59 Å². The predicted molar refractivity (Wildman–Crippen MR) is 86.0 cm³/mol. The molecule has 114 valence electrons. The minimum atomic E-state index is -0.319. The lowest BCUT2D eigenvalue weighted by Gasteiger charge is -2.33. The summed E-state index contributed by atoms with van der Waals surface area (Å²) in [5.41, 5.74) is 3.15. The number of H-pyrrole nitrogens is 1. The Morgan fingerprint density at radius 1 is 1.23 bits per heavy atom. The molecule has 1 aromatic carbocycles. The Balaban J connectivity index is 1.93. The second-order valence-electron chi connectivity index (χ2n) is 5.91. The highest BCUT2D eigenvalue weighted by Crippen LogP contribution is 2.33. The average Bonchev–Trinajstić information content (AvgIpc) is 2.53. The summed E-state index contributed by atoms with van der Waals surface area (Å²) in [5.74, 6) is -0.219. The van der Waals surface area contributed by atoms with Gasteiger partial charge in [0.15, 0.2) is 0 Å². The summed E-state index contributed by atoms with van der Waals surface area (Å²) in [6.07, 6.45) is 3.05. The van der Waals surface area contributed by atoms with E-state index in [1.807, 2.05) is 12.1 Å². The fraction of sp³-hybridized carbons (Fsp3) is 0.333. The van der Waals surface area contributed by atoms with Crippen molar-refractivity contribution in [2.45, 2.75) is 32.2 Å². The van der Waals surface area contributed by atoms with Gasteiger partial charge in [-0.15, -0.1) is 0 Å². The maximum Gasteiger partial charge on any atom is 0.260 e. The van der Waals surface area contributed by atoms with Gasteiger partial charge in [-0.2, -0.15) is 0 Å². The zero-order valence-corrected chi connectivity index (χ0v) is 12.9. The van der Waals surface area contributed by atoms with Gasteiger partial charge >= 0.3 is 0 Å². The molecule has 1 N–H and O–H groups in total. The van der Waals surface area contributed by atoms with Crippen LogP contribution in [0.1, 0.15) is 46.1 Å². The van der Waals surface area contributed by atoms with Crippen LogP contribution in [-0.4, -0.2) is 22.8 Å². The molecule has 0 spiro atoms. The number of carbonyl (C=O) groups excluding carboxylic acids is 1. The first-order valence-corrected chi connectivity index (χ1v) is 7.63. The van der Waals surface area contributed by atoms with E-state index >= 15 is 0 Å². The maximum atomic E-state index is 12.7. The highest BCUT2D eigenvalue weighted by molar-refractivity contribution is 5.94. The SMILES string of the molecule is Cc1ccc(C(=O)N(C)[C@H]2CCCc3ccccc32)c(=O)[nH]1. The van der Waals surface area contributed by atoms with Gasteiger partial charge in [-0.25, -0.2) is 0 Å². The molecule has 4 nitrogen and oxygen atoms in total. The monoisotopic (exact) mass is 296 g/mol. The third-order valence-corrected chi connectivity index (χ3v) is 4.41. The van der Waals surface area contributed by atoms with Crippen LogP contribution in [0, 0.1) is 6.92 Å². The number of fused-ring (bicyclic) bond motifs is 1. The number of aromatic amines is 1. The molecule has 0 aliphatic heterocycles. The van der Waals surface area contributed by atoms with Crippen molar-refractivity contribution in [3.8, 4) is 0 Å². The number of amides is 1. The molecule has 0 saturated carbocycles. The summed E-state index contributed by atoms with van der Waals surface area (Å²) >= 11 is 0. The minimum absolute atomic E-state index is 0.0400. The molecule has 1 atom stereocenters. The van der Waals surface area contributed by atoms with Crippen molar-refractivity contribution in [3.05, 3.63) is 69.1 Å². The molecule has 4 heteroatoms. The Bertz CT molecular complexity index is 764. The molecule has 1 amide bonds. The van der Waals surface area contributed by atoms with E-state index in [-0.39, 0.29) is 23.1 Å². The molecule has 3 rings (SSSR count). The number of pyridine rings is 1. The van der Waals surface area contributed by atoms with Crippen LogP contribution in [0.25, 0.3) is 0 Å². The highest BCUT2D eigenvalue weighted by atomic mass is 16.2. The maximum absolute atomic E-state index is 12.7. The Morgan fingerprint density at radius 3 is 2.77 bits per heavy atom. The third-order valence-electron chi connectivity index (χ3n) is 4.41. The molecule has 1 aliphatic carbocycles. The van der Waals surface area contributed by atoms with E-state index in [2.05, 4.69) is 17.1 Å². The highest BCUT2D eigenvalue weighted by Gasteiger charge is 2.28. The van der Waals surface area contributed by atoms with Crippen LogP contribution in [-0.2, 0) is 6.42 Å². The van der Waals surface area contributed by atoms with E-state index in [1.165, 1.54) is 11.1 Å². The van der Waals surface area contributed by atoms with Crippen LogP contribution in [0.2, 0.25) is 0 Å². The van der Waals surface area contributed by atoms with E-state index in [4.69, 9.17) is 0 Å². The summed E-state index contributed by atoms with van der Waals surface area (Å²) < 4.78 is 0. The van der Waals surface area contributed by atoms with Crippen LogP contribution in [0.5, 0.6) is 0 Å². The zero-order chi connectivity index (χ0) is 15.7. The van der Waals surface area contributed by atoms with Gasteiger partial charge in [-0.1, -0.05) is 24.3 Å². The van der Waals surface area contributed by atoms with E-state index in [0.29, 0.717) is 0 Å². The van der Waals surface area contributed by atoms with Gasteiger partial charge in [0.05, 0.1) is 6.04 Å². The van der Waals surface area contributed by atoms with Crippen LogP contribution >= 0.6 is 0 Å². The molecule has 1 aliphatic rings. The first-order valence-electron chi connectivity index (χ1n) is 7.63. The number of benzene rings is 1. The van der Waals surface area contributed by atoms with Crippen molar-refractivity contribution < 1.29 is 4.79 Å². The van der Waals surface area contributed by atoms with Crippen LogP contribution in [0.3, 0.4) is 0 Å². The van der Waals surface area contributed by atoms with Gasteiger partial charge in [0.1, 0.15) is 5.56 Å². The second-order valence-corrected chi connectivity index (χ2v) is 5.91. The number of carbonyl (C=O) groups is 1. The average molecular weight is 296 g/mol. The van der Waals surface area contributed by atoms with Gasteiger partial charge in [-0.05, 0) is 49.4 Å².